The Balaban J connectivity index is 2.18. The van der Waals surface area contributed by atoms with Crippen LogP contribution >= 0.6 is 0 Å². The summed E-state index contributed by atoms with van der Waals surface area (Å²) in [4.78, 5) is 13.9. The normalized spacial score (nSPS) is 11.8. The number of hydrogen-bond donors (Lipinski definition) is 1. The predicted molar refractivity (Wildman–Crippen MR) is 105 cm³/mol. The van der Waals surface area contributed by atoms with Gasteiger partial charge < -0.3 is 5.11 Å². The Kier molecular flexibility index (Phi) is 5.54. The third kappa shape index (κ3) is 4.03. The molecule has 0 atom stereocenters. The lowest BCUT2D eigenvalue weighted by Crippen LogP contribution is -2.02. The average molecular weight is 343 g/mol. The molecule has 0 aliphatic carbocycles. The molecule has 0 amide bonds. The van der Waals surface area contributed by atoms with Gasteiger partial charge in [0.15, 0.2) is 17.5 Å². The second-order valence-electron chi connectivity index (χ2n) is 5.78. The molecule has 2 aromatic carbocycles. The first-order valence-electron chi connectivity index (χ1n) is 8.65. The number of phenolic OH excluding ortho intramolecular Hbond substituents is 1. The second kappa shape index (κ2) is 8.21. The van der Waals surface area contributed by atoms with Crippen LogP contribution < -0.4 is 0 Å². The first-order valence-corrected chi connectivity index (χ1v) is 8.65. The Morgan fingerprint density at radius 1 is 0.923 bits per heavy atom. The summed E-state index contributed by atoms with van der Waals surface area (Å²) in [6.07, 6.45) is 7.03. The van der Waals surface area contributed by atoms with E-state index in [1.54, 1.807) is 18.2 Å². The zero-order valence-corrected chi connectivity index (χ0v) is 14.9. The Morgan fingerprint density at radius 3 is 2.27 bits per heavy atom. The van der Waals surface area contributed by atoms with Gasteiger partial charge in [-0.15, -0.1) is 0 Å². The van der Waals surface area contributed by atoms with Crippen molar-refractivity contribution in [1.82, 2.24) is 15.0 Å². The van der Waals surface area contributed by atoms with E-state index in [-0.39, 0.29) is 5.75 Å². The second-order valence-corrected chi connectivity index (χ2v) is 5.78. The van der Waals surface area contributed by atoms with E-state index in [1.807, 2.05) is 55.5 Å². The summed E-state index contributed by atoms with van der Waals surface area (Å²) in [5, 5.41) is 9.81. The van der Waals surface area contributed by atoms with Crippen LogP contribution in [-0.2, 0) is 0 Å². The van der Waals surface area contributed by atoms with Gasteiger partial charge in [0.2, 0.25) is 0 Å². The molecule has 3 aromatic rings. The van der Waals surface area contributed by atoms with Gasteiger partial charge >= 0.3 is 0 Å². The van der Waals surface area contributed by atoms with Crippen LogP contribution in [-0.4, -0.2) is 20.1 Å². The van der Waals surface area contributed by atoms with E-state index < -0.39 is 0 Å². The lowest BCUT2D eigenvalue weighted by atomic mass is 10.1. The maximum atomic E-state index is 9.81. The van der Waals surface area contributed by atoms with Gasteiger partial charge in [-0.3, -0.25) is 0 Å². The number of aromatic nitrogens is 3. The minimum absolute atomic E-state index is 0.183. The number of hydrogen-bond acceptors (Lipinski definition) is 4. The standard InChI is InChI=1S/C22H21N3O/c1-3-5-10-16(4-2)20-23-21(17-11-7-6-8-12-17)25-22(24-20)18-13-9-14-19(26)15-18/h4-15,26H,3H2,1-2H3/b10-5-,16-4+. The van der Waals surface area contributed by atoms with Gasteiger partial charge in [0.05, 0.1) is 0 Å². The fraction of sp³-hybridized carbons (Fsp3) is 0.136. The van der Waals surface area contributed by atoms with Crippen molar-refractivity contribution in [1.29, 1.82) is 0 Å². The summed E-state index contributed by atoms with van der Waals surface area (Å²) < 4.78 is 0. The SMILES string of the molecule is C/C=C(\C=C/CC)c1nc(-c2ccccc2)nc(-c2cccc(O)c2)n1. The largest absolute Gasteiger partial charge is 0.508 e. The van der Waals surface area contributed by atoms with Gasteiger partial charge in [-0.05, 0) is 25.5 Å². The summed E-state index contributed by atoms with van der Waals surface area (Å²) in [5.41, 5.74) is 2.61. The highest BCUT2D eigenvalue weighted by Crippen LogP contribution is 2.25. The maximum Gasteiger partial charge on any atom is 0.164 e. The Bertz CT molecular complexity index is 947. The molecule has 1 N–H and O–H groups in total. The van der Waals surface area contributed by atoms with Gasteiger partial charge in [0, 0.05) is 16.7 Å². The fourth-order valence-corrected chi connectivity index (χ4v) is 2.54. The van der Waals surface area contributed by atoms with Gasteiger partial charge in [-0.2, -0.15) is 0 Å². The topological polar surface area (TPSA) is 58.9 Å². The smallest absolute Gasteiger partial charge is 0.164 e. The van der Waals surface area contributed by atoms with E-state index in [2.05, 4.69) is 28.0 Å². The molecular formula is C22H21N3O. The van der Waals surface area contributed by atoms with Gasteiger partial charge in [-0.1, -0.05) is 67.6 Å². The van der Waals surface area contributed by atoms with E-state index in [0.717, 1.165) is 23.1 Å². The minimum atomic E-state index is 0.183. The molecule has 3 rings (SSSR count). The predicted octanol–water partition coefficient (Wildman–Crippen LogP) is 5.28. The van der Waals surface area contributed by atoms with Crippen LogP contribution in [0.5, 0.6) is 5.75 Å². The van der Waals surface area contributed by atoms with Crippen LogP contribution in [0.3, 0.4) is 0 Å². The zero-order chi connectivity index (χ0) is 18.4. The highest BCUT2D eigenvalue weighted by molar-refractivity contribution is 5.72. The lowest BCUT2D eigenvalue weighted by molar-refractivity contribution is 0.475. The monoisotopic (exact) mass is 343 g/mol. The van der Waals surface area contributed by atoms with Crippen molar-refractivity contribution < 1.29 is 5.11 Å². The quantitative estimate of drug-likeness (QED) is 0.640. The van der Waals surface area contributed by atoms with Crippen LogP contribution in [0.1, 0.15) is 26.1 Å². The molecule has 26 heavy (non-hydrogen) atoms. The van der Waals surface area contributed by atoms with Crippen LogP contribution in [0.2, 0.25) is 0 Å². The van der Waals surface area contributed by atoms with E-state index >= 15 is 0 Å². The van der Waals surface area contributed by atoms with E-state index in [9.17, 15) is 5.11 Å². The molecule has 0 saturated heterocycles. The molecule has 4 heteroatoms. The summed E-state index contributed by atoms with van der Waals surface area (Å²) in [5.74, 6) is 1.94. The Hall–Kier alpha value is -3.27. The number of rotatable bonds is 5. The maximum absolute atomic E-state index is 9.81. The third-order valence-electron chi connectivity index (χ3n) is 3.87. The van der Waals surface area contributed by atoms with Crippen molar-refractivity contribution in [3.63, 3.8) is 0 Å². The summed E-state index contributed by atoms with van der Waals surface area (Å²) in [6.45, 7) is 4.06. The first kappa shape index (κ1) is 17.5. The summed E-state index contributed by atoms with van der Waals surface area (Å²) in [6, 6.07) is 16.8. The van der Waals surface area contributed by atoms with E-state index in [1.165, 1.54) is 0 Å². The molecule has 130 valence electrons. The minimum Gasteiger partial charge on any atom is -0.508 e. The molecule has 1 heterocycles. The average Bonchev–Trinajstić information content (AvgIpc) is 2.69. The first-order chi connectivity index (χ1) is 12.7. The van der Waals surface area contributed by atoms with Crippen molar-refractivity contribution in [2.45, 2.75) is 20.3 Å². The molecule has 0 unspecified atom stereocenters. The van der Waals surface area contributed by atoms with Gasteiger partial charge in [0.25, 0.3) is 0 Å². The van der Waals surface area contributed by atoms with Gasteiger partial charge in [-0.25, -0.2) is 15.0 Å². The van der Waals surface area contributed by atoms with Crippen LogP contribution in [0.15, 0.2) is 72.8 Å². The molecule has 0 saturated carbocycles. The van der Waals surface area contributed by atoms with Crippen molar-refractivity contribution in [3.05, 3.63) is 78.6 Å². The number of aromatic hydroxyl groups is 1. The molecule has 0 spiro atoms. The lowest BCUT2D eigenvalue weighted by Gasteiger charge is -2.09. The Morgan fingerprint density at radius 2 is 1.62 bits per heavy atom. The van der Waals surface area contributed by atoms with Crippen molar-refractivity contribution >= 4 is 5.57 Å². The highest BCUT2D eigenvalue weighted by Gasteiger charge is 2.12. The molecule has 0 bridgehead atoms. The molecule has 0 radical (unpaired) electrons. The fourth-order valence-electron chi connectivity index (χ4n) is 2.54. The number of nitrogens with zero attached hydrogens (tertiary/aromatic N) is 3. The third-order valence-corrected chi connectivity index (χ3v) is 3.87. The molecule has 1 aromatic heterocycles. The van der Waals surface area contributed by atoms with Crippen LogP contribution in [0, 0.1) is 0 Å². The van der Waals surface area contributed by atoms with E-state index in [4.69, 9.17) is 0 Å². The summed E-state index contributed by atoms with van der Waals surface area (Å²) in [7, 11) is 0. The van der Waals surface area contributed by atoms with E-state index in [0.29, 0.717) is 17.5 Å². The molecular weight excluding hydrogens is 322 g/mol. The van der Waals surface area contributed by atoms with Crippen LogP contribution in [0.4, 0.5) is 0 Å². The van der Waals surface area contributed by atoms with Gasteiger partial charge in [0.1, 0.15) is 5.75 Å². The van der Waals surface area contributed by atoms with Crippen molar-refractivity contribution in [2.24, 2.45) is 0 Å². The summed E-state index contributed by atoms with van der Waals surface area (Å²) >= 11 is 0. The van der Waals surface area contributed by atoms with Crippen molar-refractivity contribution in [2.75, 3.05) is 0 Å². The number of phenols is 1. The molecule has 0 aliphatic heterocycles. The highest BCUT2D eigenvalue weighted by atomic mass is 16.3. The Labute approximate surface area is 153 Å². The molecule has 0 fully saturated rings. The van der Waals surface area contributed by atoms with Crippen LogP contribution in [0.25, 0.3) is 28.3 Å². The van der Waals surface area contributed by atoms with Crippen molar-refractivity contribution in [3.8, 4) is 28.5 Å². The number of allylic oxidation sites excluding steroid dienone is 4. The molecule has 0 aliphatic rings. The number of benzene rings is 2. The zero-order valence-electron chi connectivity index (χ0n) is 14.9. The molecule has 4 nitrogen and oxygen atoms in total.